The Morgan fingerprint density at radius 2 is 2.17 bits per heavy atom. The summed E-state index contributed by atoms with van der Waals surface area (Å²) in [7, 11) is 0. The molecule has 1 fully saturated rings. The van der Waals surface area contributed by atoms with Crippen LogP contribution in [0.25, 0.3) is 0 Å². The van der Waals surface area contributed by atoms with Crippen molar-refractivity contribution >= 4 is 22.6 Å². The fraction of sp³-hybridized carbons (Fsp3) is 0.571. The van der Waals surface area contributed by atoms with Crippen molar-refractivity contribution < 1.29 is 4.74 Å². The van der Waals surface area contributed by atoms with Gasteiger partial charge in [0.05, 0.1) is 6.10 Å². The maximum absolute atomic E-state index is 5.65. The van der Waals surface area contributed by atoms with Crippen LogP contribution >= 0.6 is 22.6 Å². The van der Waals surface area contributed by atoms with E-state index < -0.39 is 0 Å². The fourth-order valence-corrected chi connectivity index (χ4v) is 2.82. The monoisotopic (exact) mass is 360 g/mol. The molecule has 2 rings (SSSR count). The van der Waals surface area contributed by atoms with Crippen LogP contribution in [0.4, 0.5) is 0 Å². The predicted molar refractivity (Wildman–Crippen MR) is 82.0 cm³/mol. The third-order valence-electron chi connectivity index (χ3n) is 3.52. The molecule has 3 nitrogen and oxygen atoms in total. The molecule has 0 spiro atoms. The van der Waals surface area contributed by atoms with E-state index >= 15 is 0 Å². The minimum Gasteiger partial charge on any atom is -0.378 e. The smallest absolute Gasteiger partial charge is 0.0576 e. The van der Waals surface area contributed by atoms with Gasteiger partial charge < -0.3 is 4.74 Å². The largest absolute Gasteiger partial charge is 0.378 e. The lowest BCUT2D eigenvalue weighted by molar-refractivity contribution is 0.101. The van der Waals surface area contributed by atoms with Crippen molar-refractivity contribution in [3.8, 4) is 0 Å². The van der Waals surface area contributed by atoms with Gasteiger partial charge in [-0.25, -0.2) is 0 Å². The summed E-state index contributed by atoms with van der Waals surface area (Å²) in [6.07, 6.45) is 6.32. The zero-order valence-corrected chi connectivity index (χ0v) is 12.7. The Hall–Kier alpha value is -0.170. The third-order valence-corrected chi connectivity index (χ3v) is 4.24. The number of hydrogen-bond acceptors (Lipinski definition) is 3. The first-order valence-electron chi connectivity index (χ1n) is 6.63. The molecule has 1 aliphatic rings. The fourth-order valence-electron chi connectivity index (χ4n) is 2.46. The maximum Gasteiger partial charge on any atom is 0.0576 e. The molecular formula is C14H21IN2O. The highest BCUT2D eigenvalue weighted by atomic mass is 127. The molecule has 2 atom stereocenters. The van der Waals surface area contributed by atoms with Crippen LogP contribution in [-0.4, -0.2) is 12.7 Å². The van der Waals surface area contributed by atoms with E-state index in [4.69, 9.17) is 10.6 Å². The van der Waals surface area contributed by atoms with Gasteiger partial charge in [-0.15, -0.1) is 0 Å². The first-order chi connectivity index (χ1) is 8.79. The van der Waals surface area contributed by atoms with E-state index in [2.05, 4.69) is 52.3 Å². The van der Waals surface area contributed by atoms with Crippen molar-refractivity contribution in [3.05, 3.63) is 33.4 Å². The van der Waals surface area contributed by atoms with Crippen molar-refractivity contribution in [1.82, 2.24) is 5.43 Å². The van der Waals surface area contributed by atoms with Crippen LogP contribution in [0.3, 0.4) is 0 Å². The average molecular weight is 360 g/mol. The van der Waals surface area contributed by atoms with Crippen molar-refractivity contribution in [2.45, 2.75) is 44.2 Å². The van der Waals surface area contributed by atoms with Gasteiger partial charge in [-0.1, -0.05) is 12.1 Å². The third kappa shape index (κ3) is 4.19. The second-order valence-electron chi connectivity index (χ2n) is 4.84. The molecule has 0 radical (unpaired) electrons. The number of hydrogen-bond donors (Lipinski definition) is 2. The Balaban J connectivity index is 1.79. The van der Waals surface area contributed by atoms with Gasteiger partial charge in [0.1, 0.15) is 0 Å². The van der Waals surface area contributed by atoms with Crippen LogP contribution in [0.5, 0.6) is 0 Å². The average Bonchev–Trinajstić information content (AvgIpc) is 2.89. The van der Waals surface area contributed by atoms with E-state index in [-0.39, 0.29) is 6.04 Å². The second-order valence-corrected chi connectivity index (χ2v) is 6.08. The van der Waals surface area contributed by atoms with Crippen LogP contribution in [0.2, 0.25) is 0 Å². The molecule has 3 N–H and O–H groups in total. The van der Waals surface area contributed by atoms with Gasteiger partial charge in [-0.05, 0) is 72.4 Å². The van der Waals surface area contributed by atoms with Crippen LogP contribution in [0, 0.1) is 3.57 Å². The topological polar surface area (TPSA) is 47.3 Å². The molecule has 1 heterocycles. The van der Waals surface area contributed by atoms with E-state index in [1.807, 2.05) is 0 Å². The Bertz CT molecular complexity index is 349. The first-order valence-corrected chi connectivity index (χ1v) is 7.70. The predicted octanol–water partition coefficient (Wildman–Crippen LogP) is 3.14. The number of benzene rings is 1. The van der Waals surface area contributed by atoms with Crippen LogP contribution in [-0.2, 0) is 4.74 Å². The summed E-state index contributed by atoms with van der Waals surface area (Å²) in [5, 5.41) is 0. The summed E-state index contributed by atoms with van der Waals surface area (Å²) >= 11 is 2.32. The Morgan fingerprint density at radius 1 is 1.39 bits per heavy atom. The van der Waals surface area contributed by atoms with Crippen molar-refractivity contribution in [2.75, 3.05) is 6.61 Å². The van der Waals surface area contributed by atoms with Crippen molar-refractivity contribution in [3.63, 3.8) is 0 Å². The highest BCUT2D eigenvalue weighted by Gasteiger charge is 2.16. The van der Waals surface area contributed by atoms with E-state index in [1.54, 1.807) is 0 Å². The van der Waals surface area contributed by atoms with Crippen LogP contribution in [0.15, 0.2) is 24.3 Å². The van der Waals surface area contributed by atoms with Crippen LogP contribution < -0.4 is 11.3 Å². The van der Waals surface area contributed by atoms with E-state index in [0.29, 0.717) is 6.10 Å². The van der Waals surface area contributed by atoms with Gasteiger partial charge in [-0.2, -0.15) is 0 Å². The standard InChI is InChI=1S/C14H21IN2O/c15-12-8-6-11(7-9-12)14(17-16)5-1-3-13-4-2-10-18-13/h6-9,13-14,17H,1-5,10,16H2. The van der Waals surface area contributed by atoms with E-state index in [9.17, 15) is 0 Å². The normalized spacial score (nSPS) is 21.1. The first kappa shape index (κ1) is 14.2. The van der Waals surface area contributed by atoms with Gasteiger partial charge in [0.25, 0.3) is 0 Å². The summed E-state index contributed by atoms with van der Waals surface area (Å²) in [5.41, 5.74) is 4.19. The number of ether oxygens (including phenoxy) is 1. The zero-order chi connectivity index (χ0) is 12.8. The van der Waals surface area contributed by atoms with Crippen molar-refractivity contribution in [2.24, 2.45) is 5.84 Å². The van der Waals surface area contributed by atoms with Crippen molar-refractivity contribution in [1.29, 1.82) is 0 Å². The lowest BCUT2D eigenvalue weighted by Gasteiger charge is -2.17. The molecule has 0 amide bonds. The number of hydrazine groups is 1. The molecule has 0 aliphatic carbocycles. The molecule has 1 saturated heterocycles. The lowest BCUT2D eigenvalue weighted by atomic mass is 10.00. The quantitative estimate of drug-likeness (QED) is 0.466. The van der Waals surface area contributed by atoms with E-state index in [1.165, 1.54) is 22.0 Å². The minimum absolute atomic E-state index is 0.253. The zero-order valence-electron chi connectivity index (χ0n) is 10.6. The van der Waals surface area contributed by atoms with E-state index in [0.717, 1.165) is 25.9 Å². The lowest BCUT2D eigenvalue weighted by Crippen LogP contribution is -2.28. The highest BCUT2D eigenvalue weighted by Crippen LogP contribution is 2.23. The summed E-state index contributed by atoms with van der Waals surface area (Å²) in [5.74, 6) is 5.65. The van der Waals surface area contributed by atoms with Crippen LogP contribution in [0.1, 0.15) is 43.7 Å². The summed E-state index contributed by atoms with van der Waals surface area (Å²) in [6, 6.07) is 8.81. The molecule has 4 heteroatoms. The minimum atomic E-state index is 0.253. The molecule has 1 aliphatic heterocycles. The SMILES string of the molecule is NNC(CCCC1CCCO1)c1ccc(I)cc1. The molecular weight excluding hydrogens is 339 g/mol. The van der Waals surface area contributed by atoms with Gasteiger partial charge in [0.15, 0.2) is 0 Å². The second kappa shape index (κ2) is 7.43. The summed E-state index contributed by atoms with van der Waals surface area (Å²) in [6.45, 7) is 0.945. The Kier molecular flexibility index (Phi) is 5.88. The highest BCUT2D eigenvalue weighted by molar-refractivity contribution is 14.1. The van der Waals surface area contributed by atoms with Gasteiger partial charge in [0, 0.05) is 16.2 Å². The summed E-state index contributed by atoms with van der Waals surface area (Å²) in [4.78, 5) is 0. The number of nitrogens with two attached hydrogens (primary N) is 1. The number of rotatable bonds is 6. The summed E-state index contributed by atoms with van der Waals surface area (Å²) < 4.78 is 6.89. The Morgan fingerprint density at radius 3 is 2.78 bits per heavy atom. The molecule has 0 bridgehead atoms. The number of halogens is 1. The molecule has 100 valence electrons. The van der Waals surface area contributed by atoms with Gasteiger partial charge in [0.2, 0.25) is 0 Å². The molecule has 2 unspecified atom stereocenters. The molecule has 18 heavy (non-hydrogen) atoms. The molecule has 1 aromatic carbocycles. The molecule has 1 aromatic rings. The Labute approximate surface area is 123 Å². The van der Waals surface area contributed by atoms with Gasteiger partial charge >= 0.3 is 0 Å². The van der Waals surface area contributed by atoms with Gasteiger partial charge in [-0.3, -0.25) is 11.3 Å². The maximum atomic E-state index is 5.65. The molecule has 0 saturated carbocycles. The number of nitrogens with one attached hydrogen (secondary N) is 1. The molecule has 0 aromatic heterocycles.